The lowest BCUT2D eigenvalue weighted by Crippen LogP contribution is -2.14. The summed E-state index contributed by atoms with van der Waals surface area (Å²) in [5.74, 6) is -1.06. The lowest BCUT2D eigenvalue weighted by atomic mass is 10.2. The molecule has 0 radical (unpaired) electrons. The summed E-state index contributed by atoms with van der Waals surface area (Å²) in [6.07, 6.45) is 0. The van der Waals surface area contributed by atoms with Gasteiger partial charge in [-0.3, -0.25) is 4.79 Å². The molecule has 0 saturated carbocycles. The van der Waals surface area contributed by atoms with E-state index in [0.717, 1.165) is 5.56 Å². The van der Waals surface area contributed by atoms with Crippen LogP contribution in [0.5, 0.6) is 0 Å². The molecule has 2 aromatic rings. The van der Waals surface area contributed by atoms with E-state index in [1.807, 2.05) is 0 Å². The minimum Gasteiger partial charge on any atom is -0.319 e. The highest BCUT2D eigenvalue weighted by atomic mass is 19.1. The highest BCUT2D eigenvalue weighted by molar-refractivity contribution is 6.01. The summed E-state index contributed by atoms with van der Waals surface area (Å²) in [4.78, 5) is 11.5. The van der Waals surface area contributed by atoms with Crippen LogP contribution >= 0.6 is 0 Å². The van der Waals surface area contributed by atoms with Gasteiger partial charge in [-0.2, -0.15) is 5.21 Å². The van der Waals surface area contributed by atoms with E-state index >= 15 is 0 Å². The number of hydrogen-bond donors (Lipinski definition) is 2. The van der Waals surface area contributed by atoms with Gasteiger partial charge in [-0.05, 0) is 29.8 Å². The summed E-state index contributed by atoms with van der Waals surface area (Å²) in [5, 5.41) is 14.9. The van der Waals surface area contributed by atoms with E-state index in [0.29, 0.717) is 5.69 Å². The van der Waals surface area contributed by atoms with Crippen molar-refractivity contribution >= 4 is 11.6 Å². The van der Waals surface area contributed by atoms with Gasteiger partial charge in [0.2, 0.25) is 0 Å². The minimum absolute atomic E-state index is 0.0938. The van der Waals surface area contributed by atoms with Gasteiger partial charge in [0.25, 0.3) is 11.7 Å². The van der Waals surface area contributed by atoms with E-state index in [2.05, 4.69) is 25.9 Å². The molecule has 0 atom stereocenters. The number of carbonyl (C=O) groups is 1. The van der Waals surface area contributed by atoms with Crippen molar-refractivity contribution < 1.29 is 9.18 Å². The number of halogens is 1. The third-order valence-corrected chi connectivity index (χ3v) is 2.00. The molecule has 1 amide bonds. The molecule has 0 aliphatic heterocycles. The van der Waals surface area contributed by atoms with Gasteiger partial charge in [-0.25, -0.2) is 4.39 Å². The van der Waals surface area contributed by atoms with Crippen LogP contribution in [0.1, 0.15) is 16.2 Å². The highest BCUT2D eigenvalue weighted by Gasteiger charge is 2.12. The topological polar surface area (TPSA) is 83.6 Å². The molecule has 6 nitrogen and oxygen atoms in total. The zero-order valence-electron chi connectivity index (χ0n) is 8.36. The molecule has 1 heterocycles. The number of nitrogens with one attached hydrogen (secondary N) is 2. The molecule has 2 N–H and O–H groups in total. The molecular formula is C9H8FN5O. The first-order valence-electron chi connectivity index (χ1n) is 4.48. The number of tetrazole rings is 1. The molecule has 82 valence electrons. The zero-order chi connectivity index (χ0) is 11.5. The molecule has 1 aromatic carbocycles. The van der Waals surface area contributed by atoms with E-state index in [4.69, 9.17) is 0 Å². The third kappa shape index (κ3) is 2.02. The van der Waals surface area contributed by atoms with Gasteiger partial charge in [-0.15, -0.1) is 10.2 Å². The first-order valence-corrected chi connectivity index (χ1v) is 4.48. The number of benzene rings is 1. The van der Waals surface area contributed by atoms with Crippen LogP contribution in [0.15, 0.2) is 18.2 Å². The molecule has 0 saturated heterocycles. The Kier molecular flexibility index (Phi) is 2.59. The predicted molar refractivity (Wildman–Crippen MR) is 53.3 cm³/mol. The first-order chi connectivity index (χ1) is 7.66. The number of amides is 1. The normalized spacial score (nSPS) is 10.1. The van der Waals surface area contributed by atoms with Crippen LogP contribution < -0.4 is 5.32 Å². The smallest absolute Gasteiger partial charge is 0.297 e. The Morgan fingerprint density at radius 2 is 2.31 bits per heavy atom. The quantitative estimate of drug-likeness (QED) is 0.789. The summed E-state index contributed by atoms with van der Waals surface area (Å²) in [7, 11) is 0. The Morgan fingerprint density at radius 3 is 3.00 bits per heavy atom. The second-order valence-electron chi connectivity index (χ2n) is 3.15. The van der Waals surface area contributed by atoms with Crippen molar-refractivity contribution in [2.75, 3.05) is 5.32 Å². The van der Waals surface area contributed by atoms with Crippen molar-refractivity contribution in [3.05, 3.63) is 35.4 Å². The number of hydrogen-bond acceptors (Lipinski definition) is 4. The van der Waals surface area contributed by atoms with Crippen molar-refractivity contribution in [2.24, 2.45) is 0 Å². The Labute approximate surface area is 89.9 Å². The van der Waals surface area contributed by atoms with E-state index in [1.54, 1.807) is 13.0 Å². The highest BCUT2D eigenvalue weighted by Crippen LogP contribution is 2.16. The zero-order valence-corrected chi connectivity index (χ0v) is 8.36. The Hall–Kier alpha value is -2.31. The third-order valence-electron chi connectivity index (χ3n) is 2.00. The fraction of sp³-hybridized carbons (Fsp3) is 0.111. The monoisotopic (exact) mass is 221 g/mol. The summed E-state index contributed by atoms with van der Waals surface area (Å²) < 4.78 is 12.9. The number of nitrogens with zero attached hydrogens (tertiary/aromatic N) is 3. The average Bonchev–Trinajstić information content (AvgIpc) is 2.76. The molecule has 16 heavy (non-hydrogen) atoms. The van der Waals surface area contributed by atoms with Crippen molar-refractivity contribution in [2.45, 2.75) is 6.92 Å². The molecular weight excluding hydrogens is 213 g/mol. The SMILES string of the molecule is Cc1ccc(F)cc1NC(=O)c1nn[nH]n1. The summed E-state index contributed by atoms with van der Waals surface area (Å²) >= 11 is 0. The van der Waals surface area contributed by atoms with Crippen LogP contribution in [0.2, 0.25) is 0 Å². The largest absolute Gasteiger partial charge is 0.319 e. The lowest BCUT2D eigenvalue weighted by Gasteiger charge is -2.05. The Balaban J connectivity index is 2.21. The van der Waals surface area contributed by atoms with E-state index in [1.165, 1.54) is 12.1 Å². The Bertz CT molecular complexity index is 511. The van der Waals surface area contributed by atoms with E-state index < -0.39 is 11.7 Å². The molecule has 0 fully saturated rings. The molecule has 1 aromatic heterocycles. The average molecular weight is 221 g/mol. The predicted octanol–water partition coefficient (Wildman–Crippen LogP) is 0.900. The van der Waals surface area contributed by atoms with Crippen LogP contribution in [-0.4, -0.2) is 26.5 Å². The van der Waals surface area contributed by atoms with Gasteiger partial charge in [0.1, 0.15) is 5.82 Å². The summed E-state index contributed by atoms with van der Waals surface area (Å²) in [6.45, 7) is 1.76. The van der Waals surface area contributed by atoms with Crippen LogP contribution in [0.4, 0.5) is 10.1 Å². The molecule has 0 aliphatic carbocycles. The lowest BCUT2D eigenvalue weighted by molar-refractivity contribution is 0.101. The summed E-state index contributed by atoms with van der Waals surface area (Å²) in [6, 6.07) is 4.12. The van der Waals surface area contributed by atoms with E-state index in [-0.39, 0.29) is 5.82 Å². The van der Waals surface area contributed by atoms with Gasteiger partial charge in [0.05, 0.1) is 0 Å². The second kappa shape index (κ2) is 4.05. The van der Waals surface area contributed by atoms with Gasteiger partial charge >= 0.3 is 0 Å². The van der Waals surface area contributed by atoms with Crippen LogP contribution in [0.3, 0.4) is 0 Å². The van der Waals surface area contributed by atoms with Crippen LogP contribution in [0, 0.1) is 12.7 Å². The van der Waals surface area contributed by atoms with Crippen molar-refractivity contribution in [1.29, 1.82) is 0 Å². The number of anilines is 1. The molecule has 2 rings (SSSR count). The number of aromatic nitrogens is 4. The first kappa shape index (κ1) is 10.2. The maximum atomic E-state index is 12.9. The number of aromatic amines is 1. The number of aryl methyl sites for hydroxylation is 1. The van der Waals surface area contributed by atoms with Crippen molar-refractivity contribution in [1.82, 2.24) is 20.6 Å². The maximum absolute atomic E-state index is 12.9. The fourth-order valence-electron chi connectivity index (χ4n) is 1.17. The molecule has 0 aliphatic rings. The fourth-order valence-corrected chi connectivity index (χ4v) is 1.17. The van der Waals surface area contributed by atoms with Crippen LogP contribution in [-0.2, 0) is 0 Å². The minimum atomic E-state index is -0.539. The molecule has 0 spiro atoms. The van der Waals surface area contributed by atoms with E-state index in [9.17, 15) is 9.18 Å². The van der Waals surface area contributed by atoms with Gasteiger partial charge in [-0.1, -0.05) is 6.07 Å². The maximum Gasteiger partial charge on any atom is 0.297 e. The standard InChI is InChI=1S/C9H8FN5O/c1-5-2-3-6(10)4-7(5)11-9(16)8-12-14-15-13-8/h2-4H,1H3,(H,11,16)(H,12,13,14,15). The van der Waals surface area contributed by atoms with Gasteiger partial charge in [0, 0.05) is 5.69 Å². The summed E-state index contributed by atoms with van der Waals surface area (Å²) in [5.41, 5.74) is 1.13. The van der Waals surface area contributed by atoms with Crippen LogP contribution in [0.25, 0.3) is 0 Å². The second-order valence-corrected chi connectivity index (χ2v) is 3.15. The molecule has 0 bridgehead atoms. The number of H-pyrrole nitrogens is 1. The van der Waals surface area contributed by atoms with Gasteiger partial charge in [0.15, 0.2) is 0 Å². The van der Waals surface area contributed by atoms with Gasteiger partial charge < -0.3 is 5.32 Å². The molecule has 7 heteroatoms. The van der Waals surface area contributed by atoms with Crippen molar-refractivity contribution in [3.63, 3.8) is 0 Å². The number of carbonyl (C=O) groups excluding carboxylic acids is 1. The number of rotatable bonds is 2. The molecule has 0 unspecified atom stereocenters. The Morgan fingerprint density at radius 1 is 1.50 bits per heavy atom. The van der Waals surface area contributed by atoms with Crippen molar-refractivity contribution in [3.8, 4) is 0 Å².